The number of rotatable bonds is 6. The lowest BCUT2D eigenvalue weighted by molar-refractivity contribution is 0.352. The van der Waals surface area contributed by atoms with Crippen molar-refractivity contribution in [3.05, 3.63) is 49.1 Å². The van der Waals surface area contributed by atoms with Crippen molar-refractivity contribution in [2.24, 2.45) is 5.73 Å². The quantitative estimate of drug-likeness (QED) is 0.620. The second-order valence-corrected chi connectivity index (χ2v) is 8.24. The summed E-state index contributed by atoms with van der Waals surface area (Å²) in [6, 6.07) is 5.08. The molecule has 1 fully saturated rings. The second-order valence-electron chi connectivity index (χ2n) is 7.38. The molecule has 0 bridgehead atoms. The van der Waals surface area contributed by atoms with Crippen molar-refractivity contribution in [2.75, 3.05) is 32.2 Å². The zero-order valence-electron chi connectivity index (χ0n) is 18.0. The van der Waals surface area contributed by atoms with Crippen molar-refractivity contribution in [3.8, 4) is 23.3 Å². The molecule has 2 heterocycles. The first-order valence-electron chi connectivity index (χ1n) is 10.0. The van der Waals surface area contributed by atoms with Crippen LogP contribution in [0.4, 0.5) is 5.82 Å². The van der Waals surface area contributed by atoms with E-state index in [9.17, 15) is 9.59 Å². The summed E-state index contributed by atoms with van der Waals surface area (Å²) in [6.07, 6.45) is 1.85. The average Bonchev–Trinajstić information content (AvgIpc) is 2.75. The van der Waals surface area contributed by atoms with E-state index in [0.29, 0.717) is 28.3 Å². The van der Waals surface area contributed by atoms with Gasteiger partial charge < -0.3 is 20.1 Å². The Bertz CT molecular complexity index is 1130. The van der Waals surface area contributed by atoms with Gasteiger partial charge in [0.25, 0.3) is 5.56 Å². The highest BCUT2D eigenvalue weighted by atomic mass is 79.9. The number of nitrogens with zero attached hydrogens (tertiary/aromatic N) is 3. The van der Waals surface area contributed by atoms with Gasteiger partial charge in [0.1, 0.15) is 5.82 Å². The van der Waals surface area contributed by atoms with Crippen LogP contribution >= 0.6 is 15.9 Å². The van der Waals surface area contributed by atoms with Crippen molar-refractivity contribution in [1.82, 2.24) is 9.13 Å². The Kier molecular flexibility index (Phi) is 7.46. The maximum atomic E-state index is 13.3. The summed E-state index contributed by atoms with van der Waals surface area (Å²) in [4.78, 5) is 28.3. The average molecular weight is 491 g/mol. The standard InChI is InChI=1S/C22H27BrN4O4/c1-4-5-9-26-19(25-8-6-7-16(24)14-25)12-20(28)27(22(26)29)13-15-10-17(23)21(31-3)18(11-15)30-2/h10-12,16H,6-9,13-14,24H2,1-3H3/t16-/m1/s1. The number of aromatic nitrogens is 2. The van der Waals surface area contributed by atoms with Gasteiger partial charge >= 0.3 is 5.69 Å². The molecule has 0 saturated carbocycles. The normalized spacial score (nSPS) is 15.9. The lowest BCUT2D eigenvalue weighted by Gasteiger charge is -2.33. The van der Waals surface area contributed by atoms with Crippen LogP contribution in [0.25, 0.3) is 0 Å². The fourth-order valence-electron chi connectivity index (χ4n) is 3.78. The summed E-state index contributed by atoms with van der Waals surface area (Å²) in [7, 11) is 3.08. The Balaban J connectivity index is 2.07. The van der Waals surface area contributed by atoms with Gasteiger partial charge in [0.15, 0.2) is 11.5 Å². The molecule has 31 heavy (non-hydrogen) atoms. The molecule has 2 N–H and O–H groups in total. The molecule has 0 radical (unpaired) electrons. The minimum Gasteiger partial charge on any atom is -0.493 e. The van der Waals surface area contributed by atoms with Crippen LogP contribution in [0, 0.1) is 11.8 Å². The highest BCUT2D eigenvalue weighted by Crippen LogP contribution is 2.36. The van der Waals surface area contributed by atoms with E-state index in [0.717, 1.165) is 24.9 Å². The second kappa shape index (κ2) is 10.1. The number of hydrogen-bond acceptors (Lipinski definition) is 6. The highest BCUT2D eigenvalue weighted by Gasteiger charge is 2.22. The SMILES string of the molecule is CC#CCn1c(N2CCC[C@@H](N)C2)cc(=O)n(Cc2cc(Br)c(OC)c(OC)c2)c1=O. The van der Waals surface area contributed by atoms with Crippen molar-refractivity contribution >= 4 is 21.7 Å². The summed E-state index contributed by atoms with van der Waals surface area (Å²) in [6.45, 7) is 3.37. The summed E-state index contributed by atoms with van der Waals surface area (Å²) in [5, 5.41) is 0. The molecule has 0 unspecified atom stereocenters. The van der Waals surface area contributed by atoms with Gasteiger partial charge in [-0.1, -0.05) is 5.92 Å². The minimum atomic E-state index is -0.407. The molecule has 0 spiro atoms. The Morgan fingerprint density at radius 2 is 1.97 bits per heavy atom. The number of benzene rings is 1. The number of anilines is 1. The number of halogens is 1. The molecule has 1 atom stereocenters. The molecule has 166 valence electrons. The van der Waals surface area contributed by atoms with Gasteiger partial charge in [-0.2, -0.15) is 0 Å². The monoisotopic (exact) mass is 490 g/mol. The van der Waals surface area contributed by atoms with Crippen LogP contribution in [0.5, 0.6) is 11.5 Å². The van der Waals surface area contributed by atoms with E-state index in [4.69, 9.17) is 15.2 Å². The van der Waals surface area contributed by atoms with E-state index in [1.54, 1.807) is 30.7 Å². The first-order valence-corrected chi connectivity index (χ1v) is 10.8. The molecule has 8 nitrogen and oxygen atoms in total. The van der Waals surface area contributed by atoms with Crippen molar-refractivity contribution in [3.63, 3.8) is 0 Å². The van der Waals surface area contributed by atoms with Crippen LogP contribution in [0.2, 0.25) is 0 Å². The lowest BCUT2D eigenvalue weighted by Crippen LogP contribution is -2.48. The topological polar surface area (TPSA) is 91.7 Å². The molecule has 9 heteroatoms. The fourth-order valence-corrected chi connectivity index (χ4v) is 4.43. The van der Waals surface area contributed by atoms with Gasteiger partial charge in [-0.15, -0.1) is 5.92 Å². The molecule has 1 aromatic carbocycles. The third kappa shape index (κ3) is 4.97. The Morgan fingerprint density at radius 3 is 2.61 bits per heavy atom. The summed E-state index contributed by atoms with van der Waals surface area (Å²) in [5.41, 5.74) is 6.07. The minimum absolute atomic E-state index is 0.0149. The van der Waals surface area contributed by atoms with Crippen LogP contribution in [0.3, 0.4) is 0 Å². The van der Waals surface area contributed by atoms with E-state index in [2.05, 4.69) is 27.8 Å². The van der Waals surface area contributed by atoms with Gasteiger partial charge in [0, 0.05) is 25.2 Å². The summed E-state index contributed by atoms with van der Waals surface area (Å²) < 4.78 is 14.1. The van der Waals surface area contributed by atoms with E-state index in [1.165, 1.54) is 17.7 Å². The predicted octanol–water partition coefficient (Wildman–Crippen LogP) is 1.79. The van der Waals surface area contributed by atoms with Gasteiger partial charge in [0.2, 0.25) is 0 Å². The molecule has 1 aliphatic heterocycles. The van der Waals surface area contributed by atoms with E-state index in [-0.39, 0.29) is 24.7 Å². The van der Waals surface area contributed by atoms with Crippen LogP contribution in [0.1, 0.15) is 25.3 Å². The number of methoxy groups -OCH3 is 2. The molecular formula is C22H27BrN4O4. The van der Waals surface area contributed by atoms with E-state index < -0.39 is 5.69 Å². The molecule has 1 aromatic heterocycles. The number of piperidine rings is 1. The molecule has 0 amide bonds. The first kappa shape index (κ1) is 23.0. The third-order valence-corrected chi connectivity index (χ3v) is 5.88. The van der Waals surface area contributed by atoms with Gasteiger partial charge in [-0.3, -0.25) is 13.9 Å². The molecule has 1 aliphatic rings. The van der Waals surface area contributed by atoms with Crippen LogP contribution in [-0.2, 0) is 13.1 Å². The fraction of sp³-hybridized carbons (Fsp3) is 0.455. The van der Waals surface area contributed by atoms with Crippen molar-refractivity contribution in [2.45, 2.75) is 38.9 Å². The summed E-state index contributed by atoms with van der Waals surface area (Å²) >= 11 is 3.45. The van der Waals surface area contributed by atoms with Crippen LogP contribution in [-0.4, -0.2) is 42.5 Å². The molecule has 0 aliphatic carbocycles. The van der Waals surface area contributed by atoms with Crippen molar-refractivity contribution < 1.29 is 9.47 Å². The van der Waals surface area contributed by atoms with Gasteiger partial charge in [-0.05, 0) is 53.4 Å². The van der Waals surface area contributed by atoms with Crippen LogP contribution in [0.15, 0.2) is 32.3 Å². The van der Waals surface area contributed by atoms with E-state index in [1.807, 2.05) is 4.90 Å². The van der Waals surface area contributed by atoms with E-state index >= 15 is 0 Å². The Morgan fingerprint density at radius 1 is 1.19 bits per heavy atom. The van der Waals surface area contributed by atoms with Crippen LogP contribution < -0.4 is 31.4 Å². The zero-order valence-corrected chi connectivity index (χ0v) is 19.6. The van der Waals surface area contributed by atoms with Gasteiger partial charge in [-0.25, -0.2) is 4.79 Å². The third-order valence-electron chi connectivity index (χ3n) is 5.29. The molecule has 3 rings (SSSR count). The first-order chi connectivity index (χ1) is 14.9. The zero-order chi connectivity index (χ0) is 22.5. The largest absolute Gasteiger partial charge is 0.493 e. The highest BCUT2D eigenvalue weighted by molar-refractivity contribution is 9.10. The number of hydrogen-bond donors (Lipinski definition) is 1. The summed E-state index contributed by atoms with van der Waals surface area (Å²) in [5.74, 6) is 7.39. The molecule has 1 saturated heterocycles. The Labute approximate surface area is 189 Å². The number of nitrogens with two attached hydrogens (primary N) is 1. The lowest BCUT2D eigenvalue weighted by atomic mass is 10.1. The molecular weight excluding hydrogens is 464 g/mol. The number of ether oxygens (including phenoxy) is 2. The smallest absolute Gasteiger partial charge is 0.333 e. The maximum absolute atomic E-state index is 13.3. The van der Waals surface area contributed by atoms with Crippen molar-refractivity contribution in [1.29, 1.82) is 0 Å². The molecule has 2 aromatic rings. The maximum Gasteiger partial charge on any atom is 0.333 e. The van der Waals surface area contributed by atoms with Gasteiger partial charge in [0.05, 0.1) is 31.8 Å². The Hall–Kier alpha value is -2.70. The predicted molar refractivity (Wildman–Crippen MR) is 124 cm³/mol.